The zero-order valence-electron chi connectivity index (χ0n) is 12.2. The van der Waals surface area contributed by atoms with E-state index in [0.29, 0.717) is 5.69 Å². The van der Waals surface area contributed by atoms with Crippen LogP contribution in [0.5, 0.6) is 5.75 Å². The van der Waals surface area contributed by atoms with Gasteiger partial charge in [-0.25, -0.2) is 4.39 Å². The van der Waals surface area contributed by atoms with Crippen molar-refractivity contribution in [2.24, 2.45) is 0 Å². The lowest BCUT2D eigenvalue weighted by Crippen LogP contribution is -2.20. The van der Waals surface area contributed by atoms with E-state index >= 15 is 0 Å². The van der Waals surface area contributed by atoms with Crippen molar-refractivity contribution in [2.45, 2.75) is 6.18 Å². The monoisotopic (exact) mass is 378 g/mol. The van der Waals surface area contributed by atoms with Crippen LogP contribution in [0.3, 0.4) is 0 Å². The van der Waals surface area contributed by atoms with E-state index in [1.165, 1.54) is 19.2 Å². The molecular weight excluding hydrogens is 368 g/mol. The summed E-state index contributed by atoms with van der Waals surface area (Å²) in [5.74, 6) is -0.553. The third-order valence-corrected chi connectivity index (χ3v) is 3.49. The molecule has 0 aromatic heterocycles. The van der Waals surface area contributed by atoms with Gasteiger partial charge in [0.25, 0.3) is 0 Å². The molecule has 128 valence electrons. The van der Waals surface area contributed by atoms with Crippen LogP contribution in [0.2, 0.25) is 5.02 Å². The van der Waals surface area contributed by atoms with Gasteiger partial charge in [0.05, 0.1) is 23.4 Å². The molecule has 0 bridgehead atoms. The first kappa shape index (κ1) is 18.3. The summed E-state index contributed by atoms with van der Waals surface area (Å²) < 4.78 is 56.6. The van der Waals surface area contributed by atoms with E-state index in [-0.39, 0.29) is 21.6 Å². The smallest absolute Gasteiger partial charge is 0.416 e. The summed E-state index contributed by atoms with van der Waals surface area (Å²) in [5.41, 5.74) is -0.584. The molecule has 24 heavy (non-hydrogen) atoms. The SMILES string of the molecule is COc1ccc(NC(=S)Nc2cc(C(F)(F)F)ccc2Cl)cc1F. The van der Waals surface area contributed by atoms with Gasteiger partial charge in [-0.05, 0) is 42.5 Å². The van der Waals surface area contributed by atoms with E-state index in [1.54, 1.807) is 0 Å². The Morgan fingerprint density at radius 1 is 1.12 bits per heavy atom. The van der Waals surface area contributed by atoms with E-state index in [0.717, 1.165) is 24.3 Å². The summed E-state index contributed by atoms with van der Waals surface area (Å²) >= 11 is 10.9. The Morgan fingerprint density at radius 2 is 1.83 bits per heavy atom. The van der Waals surface area contributed by atoms with Crippen molar-refractivity contribution >= 4 is 40.3 Å². The number of ether oxygens (including phenoxy) is 1. The van der Waals surface area contributed by atoms with E-state index in [1.807, 2.05) is 0 Å². The second kappa shape index (κ2) is 7.23. The van der Waals surface area contributed by atoms with Gasteiger partial charge in [-0.1, -0.05) is 11.6 Å². The number of hydrogen-bond donors (Lipinski definition) is 2. The lowest BCUT2D eigenvalue weighted by atomic mass is 10.2. The van der Waals surface area contributed by atoms with Crippen LogP contribution in [-0.4, -0.2) is 12.2 Å². The molecule has 2 aromatic rings. The highest BCUT2D eigenvalue weighted by Gasteiger charge is 2.31. The minimum absolute atomic E-state index is 0.0158. The molecule has 0 aliphatic rings. The molecule has 0 fully saturated rings. The maximum absolute atomic E-state index is 13.6. The van der Waals surface area contributed by atoms with Crippen LogP contribution in [-0.2, 0) is 6.18 Å². The molecule has 0 radical (unpaired) electrons. The number of hydrogen-bond acceptors (Lipinski definition) is 2. The maximum atomic E-state index is 13.6. The Labute approximate surface area is 145 Å². The predicted molar refractivity (Wildman–Crippen MR) is 89.2 cm³/mol. The van der Waals surface area contributed by atoms with Crippen molar-refractivity contribution in [1.82, 2.24) is 0 Å². The summed E-state index contributed by atoms with van der Waals surface area (Å²) in [6.45, 7) is 0. The Kier molecular flexibility index (Phi) is 5.51. The average molecular weight is 379 g/mol. The Hall–Kier alpha value is -2.06. The van der Waals surface area contributed by atoms with Crippen LogP contribution in [0.1, 0.15) is 5.56 Å². The van der Waals surface area contributed by atoms with Crippen molar-refractivity contribution in [3.05, 3.63) is 52.8 Å². The third kappa shape index (κ3) is 4.48. The zero-order chi connectivity index (χ0) is 17.9. The second-order valence-corrected chi connectivity index (χ2v) is 5.44. The molecule has 0 heterocycles. The molecule has 2 rings (SSSR count). The molecule has 0 spiro atoms. The highest BCUT2D eigenvalue weighted by atomic mass is 35.5. The second-order valence-electron chi connectivity index (χ2n) is 4.62. The highest BCUT2D eigenvalue weighted by Crippen LogP contribution is 2.33. The molecule has 0 atom stereocenters. The van der Waals surface area contributed by atoms with Crippen molar-refractivity contribution in [1.29, 1.82) is 0 Å². The molecule has 3 nitrogen and oxygen atoms in total. The van der Waals surface area contributed by atoms with Gasteiger partial charge in [-0.3, -0.25) is 0 Å². The topological polar surface area (TPSA) is 33.3 Å². The van der Waals surface area contributed by atoms with Crippen LogP contribution in [0, 0.1) is 5.82 Å². The number of thiocarbonyl (C=S) groups is 1. The van der Waals surface area contributed by atoms with Crippen LogP contribution in [0.15, 0.2) is 36.4 Å². The highest BCUT2D eigenvalue weighted by molar-refractivity contribution is 7.80. The first-order valence-corrected chi connectivity index (χ1v) is 7.27. The van der Waals surface area contributed by atoms with Crippen molar-refractivity contribution < 1.29 is 22.3 Å². The number of benzene rings is 2. The minimum Gasteiger partial charge on any atom is -0.494 e. The molecule has 0 aliphatic heterocycles. The molecule has 9 heteroatoms. The largest absolute Gasteiger partial charge is 0.494 e. The fourth-order valence-corrected chi connectivity index (χ4v) is 2.22. The fraction of sp³-hybridized carbons (Fsp3) is 0.133. The molecular formula is C15H11ClF4N2OS. The maximum Gasteiger partial charge on any atom is 0.416 e. The summed E-state index contributed by atoms with van der Waals surface area (Å²) in [5, 5.41) is 5.23. The predicted octanol–water partition coefficient (Wildman–Crippen LogP) is 5.32. The molecule has 0 amide bonds. The number of anilines is 2. The summed E-state index contributed by atoms with van der Waals surface area (Å²) in [6.07, 6.45) is -4.50. The van der Waals surface area contributed by atoms with Gasteiger partial charge in [-0.2, -0.15) is 13.2 Å². The normalized spacial score (nSPS) is 11.1. The Balaban J connectivity index is 2.14. The van der Waals surface area contributed by atoms with Gasteiger partial charge in [0, 0.05) is 11.8 Å². The summed E-state index contributed by atoms with van der Waals surface area (Å²) in [7, 11) is 1.33. The van der Waals surface area contributed by atoms with Crippen LogP contribution >= 0.6 is 23.8 Å². The fourth-order valence-electron chi connectivity index (χ4n) is 1.83. The minimum atomic E-state index is -4.50. The van der Waals surface area contributed by atoms with E-state index < -0.39 is 17.6 Å². The van der Waals surface area contributed by atoms with Gasteiger partial charge in [0.15, 0.2) is 16.7 Å². The number of alkyl halides is 3. The van der Waals surface area contributed by atoms with Gasteiger partial charge in [0.2, 0.25) is 0 Å². The standard InChI is InChI=1S/C15H11ClF4N2OS/c1-23-13-5-3-9(7-11(13)17)21-14(24)22-12-6-8(15(18,19)20)2-4-10(12)16/h2-7H,1H3,(H2,21,22,24). The average Bonchev–Trinajstić information content (AvgIpc) is 2.48. The number of methoxy groups -OCH3 is 1. The van der Waals surface area contributed by atoms with Crippen LogP contribution in [0.4, 0.5) is 28.9 Å². The lowest BCUT2D eigenvalue weighted by molar-refractivity contribution is -0.137. The van der Waals surface area contributed by atoms with Crippen molar-refractivity contribution in [3.8, 4) is 5.75 Å². The van der Waals surface area contributed by atoms with E-state index in [4.69, 9.17) is 28.6 Å². The molecule has 0 aliphatic carbocycles. The molecule has 2 N–H and O–H groups in total. The van der Waals surface area contributed by atoms with Gasteiger partial charge < -0.3 is 15.4 Å². The summed E-state index contributed by atoms with van der Waals surface area (Å²) in [6, 6.07) is 6.85. The van der Waals surface area contributed by atoms with Crippen molar-refractivity contribution in [3.63, 3.8) is 0 Å². The van der Waals surface area contributed by atoms with Crippen LogP contribution < -0.4 is 15.4 Å². The quantitative estimate of drug-likeness (QED) is 0.559. The van der Waals surface area contributed by atoms with Gasteiger partial charge >= 0.3 is 6.18 Å². The van der Waals surface area contributed by atoms with E-state index in [9.17, 15) is 17.6 Å². The lowest BCUT2D eigenvalue weighted by Gasteiger charge is -2.14. The van der Waals surface area contributed by atoms with Gasteiger partial charge in [-0.15, -0.1) is 0 Å². The third-order valence-electron chi connectivity index (χ3n) is 2.95. The van der Waals surface area contributed by atoms with Crippen molar-refractivity contribution in [2.75, 3.05) is 17.7 Å². The number of rotatable bonds is 3. The molecule has 0 saturated carbocycles. The van der Waals surface area contributed by atoms with E-state index in [2.05, 4.69) is 10.6 Å². The first-order chi connectivity index (χ1) is 11.2. The molecule has 0 unspecified atom stereocenters. The molecule has 2 aromatic carbocycles. The van der Waals surface area contributed by atoms with Gasteiger partial charge in [0.1, 0.15) is 0 Å². The summed E-state index contributed by atoms with van der Waals surface area (Å²) in [4.78, 5) is 0. The number of nitrogens with one attached hydrogen (secondary N) is 2. The number of halogens is 5. The van der Waals surface area contributed by atoms with Crippen LogP contribution in [0.25, 0.3) is 0 Å². The molecule has 0 saturated heterocycles. The Bertz CT molecular complexity index is 768. The first-order valence-electron chi connectivity index (χ1n) is 6.49. The Morgan fingerprint density at radius 3 is 2.42 bits per heavy atom. The zero-order valence-corrected chi connectivity index (χ0v) is 13.7.